The van der Waals surface area contributed by atoms with Crippen molar-refractivity contribution in [3.8, 4) is 5.75 Å². The minimum Gasteiger partial charge on any atom is -0.496 e. The minimum absolute atomic E-state index is 0.308. The third kappa shape index (κ3) is 5.93. The molecule has 0 spiro atoms. The van der Waals surface area contributed by atoms with E-state index >= 15 is 0 Å². The molecule has 7 nitrogen and oxygen atoms in total. The molecule has 0 atom stereocenters. The van der Waals surface area contributed by atoms with Gasteiger partial charge in [-0.2, -0.15) is 0 Å². The number of carbonyl (C=O) groups is 2. The molecule has 1 aliphatic rings. The van der Waals surface area contributed by atoms with Crippen molar-refractivity contribution in [1.82, 2.24) is 4.90 Å². The topological polar surface area (TPSA) is 71.1 Å². The van der Waals surface area contributed by atoms with Crippen LogP contribution < -0.4 is 15.0 Å². The smallest absolute Gasteiger partial charge is 0.337 e. The summed E-state index contributed by atoms with van der Waals surface area (Å²) in [5.41, 5.74) is 3.31. The molecule has 0 bridgehead atoms. The lowest BCUT2D eigenvalue weighted by atomic mass is 10.1. The van der Waals surface area contributed by atoms with E-state index in [1.54, 1.807) is 30.3 Å². The fourth-order valence-electron chi connectivity index (χ4n) is 4.19. The molecule has 0 radical (unpaired) electrons. The van der Waals surface area contributed by atoms with Gasteiger partial charge in [0, 0.05) is 37.7 Å². The van der Waals surface area contributed by atoms with Crippen LogP contribution in [-0.2, 0) is 11.3 Å². The fourth-order valence-corrected chi connectivity index (χ4v) is 4.36. The van der Waals surface area contributed by atoms with Gasteiger partial charge in [0.25, 0.3) is 5.91 Å². The number of esters is 1. The summed E-state index contributed by atoms with van der Waals surface area (Å²) in [6.07, 6.45) is 0. The Kier molecular flexibility index (Phi) is 7.90. The van der Waals surface area contributed by atoms with Gasteiger partial charge in [0.1, 0.15) is 5.75 Å². The lowest BCUT2D eigenvalue weighted by Gasteiger charge is -2.37. The number of hydrogen-bond donors (Lipinski definition) is 1. The summed E-state index contributed by atoms with van der Waals surface area (Å²) < 4.78 is 10.2. The largest absolute Gasteiger partial charge is 0.496 e. The van der Waals surface area contributed by atoms with E-state index in [1.165, 1.54) is 19.8 Å². The van der Waals surface area contributed by atoms with Crippen LogP contribution in [0.5, 0.6) is 5.75 Å². The first-order chi connectivity index (χ1) is 17.0. The molecule has 8 heteroatoms. The number of hydrogen-bond acceptors (Lipinski definition) is 6. The van der Waals surface area contributed by atoms with E-state index in [-0.39, 0.29) is 5.91 Å². The second kappa shape index (κ2) is 11.3. The molecule has 3 aromatic rings. The van der Waals surface area contributed by atoms with Crippen LogP contribution in [0, 0.1) is 0 Å². The van der Waals surface area contributed by atoms with Crippen LogP contribution in [0.4, 0.5) is 11.4 Å². The maximum absolute atomic E-state index is 13.2. The first-order valence-corrected chi connectivity index (χ1v) is 11.7. The number of methoxy groups -OCH3 is 2. The molecule has 35 heavy (non-hydrogen) atoms. The highest BCUT2D eigenvalue weighted by Crippen LogP contribution is 2.31. The molecule has 1 amide bonds. The standard InChI is InChI=1S/C27H28ClN3O4/c1-34-25-11-9-21(28)17-22(25)26(32)29-23-16-20(27(33)35-2)8-10-24(23)31-14-12-30(13-15-31)18-19-6-4-3-5-7-19/h3-11,16-17H,12-15,18H2,1-2H3,(H,29,32). The molecule has 1 heterocycles. The van der Waals surface area contributed by atoms with E-state index in [9.17, 15) is 9.59 Å². The van der Waals surface area contributed by atoms with Crippen molar-refractivity contribution < 1.29 is 19.1 Å². The third-order valence-corrected chi connectivity index (χ3v) is 6.27. The number of amides is 1. The summed E-state index contributed by atoms with van der Waals surface area (Å²) in [7, 11) is 2.83. The summed E-state index contributed by atoms with van der Waals surface area (Å²) in [5.74, 6) is -0.442. The van der Waals surface area contributed by atoms with Gasteiger partial charge in [-0.1, -0.05) is 41.9 Å². The van der Waals surface area contributed by atoms with Gasteiger partial charge in [-0.3, -0.25) is 9.69 Å². The van der Waals surface area contributed by atoms with Crippen molar-refractivity contribution in [2.45, 2.75) is 6.54 Å². The quantitative estimate of drug-likeness (QED) is 0.481. The second-order valence-electron chi connectivity index (χ2n) is 8.27. The summed E-state index contributed by atoms with van der Waals surface area (Å²) in [5, 5.41) is 3.38. The monoisotopic (exact) mass is 493 g/mol. The molecule has 3 aromatic carbocycles. The van der Waals surface area contributed by atoms with E-state index < -0.39 is 5.97 Å². The van der Waals surface area contributed by atoms with E-state index in [0.717, 1.165) is 38.4 Å². The number of carbonyl (C=O) groups excluding carboxylic acids is 2. The van der Waals surface area contributed by atoms with Crippen molar-refractivity contribution in [2.24, 2.45) is 0 Å². The Bertz CT molecular complexity index is 1190. The Morgan fingerprint density at radius 2 is 1.69 bits per heavy atom. The molecule has 4 rings (SSSR count). The Labute approximate surface area is 210 Å². The number of nitrogens with one attached hydrogen (secondary N) is 1. The molecule has 0 aliphatic carbocycles. The molecular formula is C27H28ClN3O4. The molecule has 1 fully saturated rings. The van der Waals surface area contributed by atoms with Gasteiger partial charge in [-0.05, 0) is 42.0 Å². The number of piperazine rings is 1. The molecule has 0 unspecified atom stereocenters. The predicted molar refractivity (Wildman–Crippen MR) is 138 cm³/mol. The van der Waals surface area contributed by atoms with Crippen LogP contribution >= 0.6 is 11.6 Å². The SMILES string of the molecule is COC(=O)c1ccc(N2CCN(Cc3ccccc3)CC2)c(NC(=O)c2cc(Cl)ccc2OC)c1. The van der Waals surface area contributed by atoms with E-state index in [2.05, 4.69) is 39.4 Å². The molecule has 1 N–H and O–H groups in total. The van der Waals surface area contributed by atoms with Gasteiger partial charge in [0.05, 0.1) is 36.7 Å². The van der Waals surface area contributed by atoms with Gasteiger partial charge in [-0.25, -0.2) is 4.79 Å². The van der Waals surface area contributed by atoms with Crippen LogP contribution in [0.25, 0.3) is 0 Å². The number of benzene rings is 3. The molecule has 182 valence electrons. The molecule has 1 saturated heterocycles. The van der Waals surface area contributed by atoms with Gasteiger partial charge in [0.15, 0.2) is 0 Å². The zero-order chi connectivity index (χ0) is 24.8. The van der Waals surface area contributed by atoms with E-state index in [4.69, 9.17) is 21.1 Å². The average molecular weight is 494 g/mol. The molecule has 0 aromatic heterocycles. The summed E-state index contributed by atoms with van der Waals surface area (Å²) in [4.78, 5) is 30.0. The Hall–Kier alpha value is -3.55. The van der Waals surface area contributed by atoms with Gasteiger partial charge < -0.3 is 19.7 Å². The number of rotatable bonds is 7. The lowest BCUT2D eigenvalue weighted by molar-refractivity contribution is 0.0600. The predicted octanol–water partition coefficient (Wildman–Crippen LogP) is 4.71. The first kappa shape index (κ1) is 24.6. The van der Waals surface area contributed by atoms with E-state index in [0.29, 0.717) is 27.6 Å². The minimum atomic E-state index is -0.472. The normalized spacial score (nSPS) is 13.9. The van der Waals surface area contributed by atoms with Crippen LogP contribution in [0.3, 0.4) is 0 Å². The van der Waals surface area contributed by atoms with Crippen LogP contribution in [0.15, 0.2) is 66.7 Å². The number of anilines is 2. The molecule has 0 saturated carbocycles. The van der Waals surface area contributed by atoms with Crippen molar-refractivity contribution in [1.29, 1.82) is 0 Å². The number of nitrogens with zero attached hydrogens (tertiary/aromatic N) is 2. The van der Waals surface area contributed by atoms with Crippen LogP contribution in [0.1, 0.15) is 26.3 Å². The highest BCUT2D eigenvalue weighted by Gasteiger charge is 2.22. The second-order valence-corrected chi connectivity index (χ2v) is 8.71. The Morgan fingerprint density at radius 1 is 0.943 bits per heavy atom. The molecule has 1 aliphatic heterocycles. The highest BCUT2D eigenvalue weighted by molar-refractivity contribution is 6.31. The third-order valence-electron chi connectivity index (χ3n) is 6.03. The summed E-state index contributed by atoms with van der Waals surface area (Å²) >= 11 is 6.12. The maximum Gasteiger partial charge on any atom is 0.337 e. The lowest BCUT2D eigenvalue weighted by Crippen LogP contribution is -2.46. The zero-order valence-electron chi connectivity index (χ0n) is 19.8. The number of ether oxygens (including phenoxy) is 2. The zero-order valence-corrected chi connectivity index (χ0v) is 20.5. The van der Waals surface area contributed by atoms with Gasteiger partial charge in [0.2, 0.25) is 0 Å². The van der Waals surface area contributed by atoms with Crippen LogP contribution in [-0.4, -0.2) is 57.2 Å². The van der Waals surface area contributed by atoms with E-state index in [1.807, 2.05) is 12.1 Å². The van der Waals surface area contributed by atoms with Crippen molar-refractivity contribution in [2.75, 3.05) is 50.6 Å². The fraction of sp³-hybridized carbons (Fsp3) is 0.259. The van der Waals surface area contributed by atoms with Crippen molar-refractivity contribution in [3.05, 3.63) is 88.4 Å². The van der Waals surface area contributed by atoms with Crippen molar-refractivity contribution >= 4 is 34.9 Å². The maximum atomic E-state index is 13.2. The molecular weight excluding hydrogens is 466 g/mol. The summed E-state index contributed by atoms with van der Waals surface area (Å²) in [6.45, 7) is 4.22. The van der Waals surface area contributed by atoms with Crippen LogP contribution in [0.2, 0.25) is 5.02 Å². The summed E-state index contributed by atoms with van der Waals surface area (Å²) in [6, 6.07) is 20.5. The first-order valence-electron chi connectivity index (χ1n) is 11.4. The number of halogens is 1. The highest BCUT2D eigenvalue weighted by atomic mass is 35.5. The Morgan fingerprint density at radius 3 is 2.37 bits per heavy atom. The average Bonchev–Trinajstić information content (AvgIpc) is 2.89. The van der Waals surface area contributed by atoms with Gasteiger partial charge >= 0.3 is 5.97 Å². The Balaban J connectivity index is 1.55. The van der Waals surface area contributed by atoms with Gasteiger partial charge in [-0.15, -0.1) is 0 Å². The van der Waals surface area contributed by atoms with Crippen molar-refractivity contribution in [3.63, 3.8) is 0 Å².